The lowest BCUT2D eigenvalue weighted by atomic mass is 10.0. The number of para-hydroxylation sites is 3. The summed E-state index contributed by atoms with van der Waals surface area (Å²) in [5.74, 6) is 0.849. The highest BCUT2D eigenvalue weighted by atomic mass is 15.2. The fourth-order valence-corrected chi connectivity index (χ4v) is 6.03. The molecule has 0 radical (unpaired) electrons. The zero-order valence-corrected chi connectivity index (χ0v) is 25.1. The largest absolute Gasteiger partial charge is 0.310 e. The molecule has 8 rings (SSSR count). The van der Waals surface area contributed by atoms with Crippen LogP contribution < -0.4 is 9.80 Å². The van der Waals surface area contributed by atoms with Crippen molar-refractivity contribution in [2.45, 2.75) is 0 Å². The second-order valence-corrected chi connectivity index (χ2v) is 11.2. The fourth-order valence-electron chi connectivity index (χ4n) is 6.03. The number of nitrogens with zero attached hydrogens (tertiary/aromatic N) is 4. The molecule has 0 bridgehead atoms. The number of fused-ring (bicyclic) bond motifs is 2. The summed E-state index contributed by atoms with van der Waals surface area (Å²) in [4.78, 5) is 14.3. The van der Waals surface area contributed by atoms with Gasteiger partial charge in [-0.3, -0.25) is 9.88 Å². The molecule has 4 heteroatoms. The molecule has 2 heterocycles. The van der Waals surface area contributed by atoms with Crippen molar-refractivity contribution in [3.05, 3.63) is 182 Å². The van der Waals surface area contributed by atoms with Crippen LogP contribution in [0.4, 0.5) is 34.3 Å². The van der Waals surface area contributed by atoms with Gasteiger partial charge < -0.3 is 4.90 Å². The molecule has 0 amide bonds. The van der Waals surface area contributed by atoms with Crippen LogP contribution in [0.2, 0.25) is 0 Å². The van der Waals surface area contributed by atoms with Gasteiger partial charge in [-0.2, -0.15) is 0 Å². The first-order valence-electron chi connectivity index (χ1n) is 15.4. The normalized spacial score (nSPS) is 11.0. The van der Waals surface area contributed by atoms with Gasteiger partial charge in [0.25, 0.3) is 0 Å². The molecule has 0 aliphatic rings. The van der Waals surface area contributed by atoms with Crippen molar-refractivity contribution in [3.8, 4) is 11.1 Å². The molecule has 0 unspecified atom stereocenters. The van der Waals surface area contributed by atoms with Gasteiger partial charge in [0, 0.05) is 45.4 Å². The summed E-state index contributed by atoms with van der Waals surface area (Å²) < 4.78 is 0. The lowest BCUT2D eigenvalue weighted by molar-refractivity contribution is 1.20. The average Bonchev–Trinajstić information content (AvgIpc) is 3.13. The van der Waals surface area contributed by atoms with Gasteiger partial charge in [-0.05, 0) is 102 Å². The zero-order chi connectivity index (χ0) is 30.7. The van der Waals surface area contributed by atoms with Crippen molar-refractivity contribution >= 4 is 56.1 Å². The first-order valence-corrected chi connectivity index (χ1v) is 15.4. The van der Waals surface area contributed by atoms with E-state index in [2.05, 4.69) is 166 Å². The van der Waals surface area contributed by atoms with E-state index in [1.165, 1.54) is 0 Å². The minimum Gasteiger partial charge on any atom is -0.310 e. The summed E-state index contributed by atoms with van der Waals surface area (Å²) >= 11 is 0. The SMILES string of the molecule is c1ccc(N(c2ccccc2)c2cccc(N(c3ccccc3)c3ccc4ccc(-c5ccc6ncccc6c5)cc4n3)c2)cc1. The third-order valence-corrected chi connectivity index (χ3v) is 8.23. The third kappa shape index (κ3) is 5.33. The van der Waals surface area contributed by atoms with Gasteiger partial charge in [0.05, 0.1) is 11.0 Å². The van der Waals surface area contributed by atoms with Gasteiger partial charge in [0.2, 0.25) is 0 Å². The number of hydrogen-bond acceptors (Lipinski definition) is 4. The van der Waals surface area contributed by atoms with Crippen LogP contribution in [0.25, 0.3) is 32.9 Å². The van der Waals surface area contributed by atoms with Crippen molar-refractivity contribution in [2.24, 2.45) is 0 Å². The molecule has 8 aromatic rings. The van der Waals surface area contributed by atoms with Gasteiger partial charge in [-0.25, -0.2) is 4.98 Å². The van der Waals surface area contributed by atoms with Gasteiger partial charge in [-0.15, -0.1) is 0 Å². The van der Waals surface area contributed by atoms with E-state index in [1.54, 1.807) is 0 Å². The summed E-state index contributed by atoms with van der Waals surface area (Å²) in [5.41, 5.74) is 9.50. The molecule has 0 spiro atoms. The molecule has 0 aliphatic carbocycles. The summed E-state index contributed by atoms with van der Waals surface area (Å²) in [6.45, 7) is 0. The van der Waals surface area contributed by atoms with Gasteiger partial charge >= 0.3 is 0 Å². The summed E-state index contributed by atoms with van der Waals surface area (Å²) in [5, 5.41) is 2.22. The molecular formula is C42H30N4. The number of pyridine rings is 2. The Balaban J connectivity index is 1.24. The quantitative estimate of drug-likeness (QED) is 0.185. The maximum Gasteiger partial charge on any atom is 0.138 e. The van der Waals surface area contributed by atoms with Crippen LogP contribution in [-0.4, -0.2) is 9.97 Å². The predicted molar refractivity (Wildman–Crippen MR) is 192 cm³/mol. The molecule has 218 valence electrons. The Morgan fingerprint density at radius 3 is 1.61 bits per heavy atom. The lowest BCUT2D eigenvalue weighted by Crippen LogP contribution is -2.14. The Morgan fingerprint density at radius 2 is 0.913 bits per heavy atom. The van der Waals surface area contributed by atoms with Gasteiger partial charge in [0.15, 0.2) is 0 Å². The molecule has 2 aromatic heterocycles. The van der Waals surface area contributed by atoms with Crippen LogP contribution in [-0.2, 0) is 0 Å². The van der Waals surface area contributed by atoms with Crippen LogP contribution in [0.1, 0.15) is 0 Å². The Bertz CT molecular complexity index is 2230. The fraction of sp³-hybridized carbons (Fsp3) is 0. The highest BCUT2D eigenvalue weighted by molar-refractivity contribution is 5.90. The monoisotopic (exact) mass is 590 g/mol. The maximum absolute atomic E-state index is 5.27. The van der Waals surface area contributed by atoms with Crippen molar-refractivity contribution in [3.63, 3.8) is 0 Å². The van der Waals surface area contributed by atoms with E-state index in [0.29, 0.717) is 0 Å². The molecule has 46 heavy (non-hydrogen) atoms. The van der Waals surface area contributed by atoms with Crippen molar-refractivity contribution in [2.75, 3.05) is 9.80 Å². The molecule has 6 aromatic carbocycles. The Morgan fingerprint density at radius 1 is 0.348 bits per heavy atom. The van der Waals surface area contributed by atoms with Crippen molar-refractivity contribution < 1.29 is 0 Å². The number of rotatable bonds is 7. The average molecular weight is 591 g/mol. The minimum atomic E-state index is 0.849. The van der Waals surface area contributed by atoms with E-state index in [-0.39, 0.29) is 0 Å². The topological polar surface area (TPSA) is 32.3 Å². The highest BCUT2D eigenvalue weighted by Crippen LogP contribution is 2.40. The van der Waals surface area contributed by atoms with Gasteiger partial charge in [0.1, 0.15) is 5.82 Å². The van der Waals surface area contributed by atoms with Gasteiger partial charge in [-0.1, -0.05) is 84.9 Å². The summed E-state index contributed by atoms with van der Waals surface area (Å²) in [6, 6.07) is 61.3. The standard InChI is InChI=1S/C42H30N4/c1-4-13-35(14-5-1)45(36-15-6-2-7-16-36)38-19-10-20-39(30-38)46(37-17-8-3-9-18-37)42-26-24-31-21-22-33(29-41(31)44-42)32-23-25-40-34(28-32)12-11-27-43-40/h1-30H. The molecule has 0 saturated heterocycles. The van der Waals surface area contributed by atoms with Crippen LogP contribution in [0, 0.1) is 0 Å². The van der Waals surface area contributed by atoms with Crippen LogP contribution in [0.15, 0.2) is 182 Å². The maximum atomic E-state index is 5.27. The zero-order valence-electron chi connectivity index (χ0n) is 25.1. The number of hydrogen-bond donors (Lipinski definition) is 0. The van der Waals surface area contributed by atoms with Crippen molar-refractivity contribution in [1.82, 2.24) is 9.97 Å². The Kier molecular flexibility index (Phi) is 7.14. The van der Waals surface area contributed by atoms with E-state index < -0.39 is 0 Å². The lowest BCUT2D eigenvalue weighted by Gasteiger charge is -2.29. The molecule has 0 N–H and O–H groups in total. The van der Waals surface area contributed by atoms with Crippen LogP contribution in [0.5, 0.6) is 0 Å². The minimum absolute atomic E-state index is 0.849. The molecule has 0 atom stereocenters. The second-order valence-electron chi connectivity index (χ2n) is 11.2. The Hall–Kier alpha value is -6.26. The Labute approximate surface area is 268 Å². The van der Waals surface area contributed by atoms with E-state index in [4.69, 9.17) is 4.98 Å². The van der Waals surface area contributed by atoms with E-state index in [1.807, 2.05) is 30.5 Å². The molecular weight excluding hydrogens is 560 g/mol. The van der Waals surface area contributed by atoms with Crippen LogP contribution in [0.3, 0.4) is 0 Å². The second kappa shape index (κ2) is 12.0. The molecule has 0 aliphatic heterocycles. The van der Waals surface area contributed by atoms with E-state index in [9.17, 15) is 0 Å². The van der Waals surface area contributed by atoms with Crippen molar-refractivity contribution in [1.29, 1.82) is 0 Å². The third-order valence-electron chi connectivity index (χ3n) is 8.23. The molecule has 4 nitrogen and oxygen atoms in total. The first-order chi connectivity index (χ1) is 22.8. The number of aromatic nitrogens is 2. The smallest absolute Gasteiger partial charge is 0.138 e. The molecule has 0 fully saturated rings. The van der Waals surface area contributed by atoms with E-state index in [0.717, 1.165) is 67.2 Å². The summed E-state index contributed by atoms with van der Waals surface area (Å²) in [7, 11) is 0. The van der Waals surface area contributed by atoms with Crippen LogP contribution >= 0.6 is 0 Å². The number of anilines is 6. The predicted octanol–water partition coefficient (Wildman–Crippen LogP) is 11.4. The number of benzene rings is 6. The first kappa shape index (κ1) is 27.3. The highest BCUT2D eigenvalue weighted by Gasteiger charge is 2.18. The summed E-state index contributed by atoms with van der Waals surface area (Å²) in [6.07, 6.45) is 1.83. The van der Waals surface area contributed by atoms with E-state index >= 15 is 0 Å². The molecule has 0 saturated carbocycles.